The Bertz CT molecular complexity index is 683. The summed E-state index contributed by atoms with van der Waals surface area (Å²) in [5, 5.41) is 10.3. The molecule has 1 aromatic heterocycles. The number of pyridine rings is 1. The van der Waals surface area contributed by atoms with Crippen molar-refractivity contribution in [2.45, 2.75) is 39.2 Å². The minimum Gasteiger partial charge on any atom is -0.377 e. The molecule has 0 aliphatic rings. The maximum absolute atomic E-state index is 14.6. The molecule has 0 saturated carbocycles. The lowest BCUT2D eigenvalue weighted by atomic mass is 9.85. The molecule has 146 valence electrons. The number of aromatic nitrogens is 1. The summed E-state index contributed by atoms with van der Waals surface area (Å²) in [5.74, 6) is -6.25. The molecular formula is C18H23BrF4N2O. The lowest BCUT2D eigenvalue weighted by molar-refractivity contribution is -0.193. The summed E-state index contributed by atoms with van der Waals surface area (Å²) >= 11 is 3.05. The van der Waals surface area contributed by atoms with Crippen molar-refractivity contribution in [2.75, 3.05) is 6.54 Å². The summed E-state index contributed by atoms with van der Waals surface area (Å²) in [6, 6.07) is 4.19. The Morgan fingerprint density at radius 3 is 2.08 bits per heavy atom. The van der Waals surface area contributed by atoms with Crippen LogP contribution >= 0.6 is 15.9 Å². The van der Waals surface area contributed by atoms with Crippen molar-refractivity contribution in [1.82, 2.24) is 4.98 Å². The standard InChI is InChI=1S/C14H11BrF4N2O.2C2H6/c15-8-1-4-12(21-6-8)14(18,19)13(22,7-20)10-3-2-9(16)5-11(10)17;2*1-2/h1-6,22H,7,20H2;2*1-2H3. The molecule has 8 heteroatoms. The molecule has 0 saturated heterocycles. The highest BCUT2D eigenvalue weighted by molar-refractivity contribution is 9.10. The maximum atomic E-state index is 14.6. The van der Waals surface area contributed by atoms with E-state index in [9.17, 15) is 22.7 Å². The van der Waals surface area contributed by atoms with Crippen LogP contribution in [0.3, 0.4) is 0 Å². The number of halogens is 5. The van der Waals surface area contributed by atoms with Gasteiger partial charge in [-0.25, -0.2) is 8.78 Å². The fourth-order valence-corrected chi connectivity index (χ4v) is 2.24. The molecule has 0 amide bonds. The summed E-state index contributed by atoms with van der Waals surface area (Å²) < 4.78 is 56.5. The molecular weight excluding hydrogens is 416 g/mol. The summed E-state index contributed by atoms with van der Waals surface area (Å²) in [7, 11) is 0. The van der Waals surface area contributed by atoms with Crippen molar-refractivity contribution in [3.8, 4) is 0 Å². The maximum Gasteiger partial charge on any atom is 0.323 e. The fraction of sp³-hybridized carbons (Fsp3) is 0.389. The molecule has 0 aliphatic heterocycles. The number of aliphatic hydroxyl groups is 1. The first-order chi connectivity index (χ1) is 12.2. The first-order valence-corrected chi connectivity index (χ1v) is 8.89. The van der Waals surface area contributed by atoms with Crippen LogP contribution in [0.15, 0.2) is 41.0 Å². The van der Waals surface area contributed by atoms with Gasteiger partial charge in [0.1, 0.15) is 17.3 Å². The van der Waals surface area contributed by atoms with Crippen LogP contribution in [0.2, 0.25) is 0 Å². The number of nitrogens with two attached hydrogens (primary N) is 1. The van der Waals surface area contributed by atoms with E-state index in [-0.39, 0.29) is 0 Å². The molecule has 0 aliphatic carbocycles. The SMILES string of the molecule is CC.CC.NCC(O)(c1ccc(F)cc1F)C(F)(F)c1ccc(Br)cn1. The highest BCUT2D eigenvalue weighted by atomic mass is 79.9. The van der Waals surface area contributed by atoms with Gasteiger partial charge < -0.3 is 10.8 Å². The van der Waals surface area contributed by atoms with E-state index >= 15 is 0 Å². The molecule has 26 heavy (non-hydrogen) atoms. The van der Waals surface area contributed by atoms with E-state index in [1.807, 2.05) is 27.7 Å². The van der Waals surface area contributed by atoms with Crippen LogP contribution in [0.4, 0.5) is 17.6 Å². The molecule has 0 fully saturated rings. The number of hydrogen-bond donors (Lipinski definition) is 2. The second-order valence-corrected chi connectivity index (χ2v) is 5.54. The number of alkyl halides is 2. The van der Waals surface area contributed by atoms with Crippen molar-refractivity contribution in [3.05, 3.63) is 63.9 Å². The van der Waals surface area contributed by atoms with Crippen molar-refractivity contribution in [1.29, 1.82) is 0 Å². The molecule has 1 heterocycles. The highest BCUT2D eigenvalue weighted by Gasteiger charge is 2.56. The second-order valence-electron chi connectivity index (χ2n) is 4.62. The molecule has 0 radical (unpaired) electrons. The largest absolute Gasteiger partial charge is 0.377 e. The zero-order valence-electron chi connectivity index (χ0n) is 15.0. The molecule has 1 aromatic carbocycles. The first-order valence-electron chi connectivity index (χ1n) is 8.10. The van der Waals surface area contributed by atoms with Gasteiger partial charge in [0.05, 0.1) is 0 Å². The monoisotopic (exact) mass is 438 g/mol. The van der Waals surface area contributed by atoms with E-state index in [4.69, 9.17) is 5.73 Å². The van der Waals surface area contributed by atoms with Crippen LogP contribution in [-0.2, 0) is 11.5 Å². The van der Waals surface area contributed by atoms with Crippen LogP contribution in [-0.4, -0.2) is 16.6 Å². The Kier molecular flexibility index (Phi) is 9.98. The predicted octanol–water partition coefficient (Wildman–Crippen LogP) is 5.11. The Morgan fingerprint density at radius 2 is 1.65 bits per heavy atom. The Labute approximate surface area is 159 Å². The zero-order chi connectivity index (χ0) is 20.5. The quantitative estimate of drug-likeness (QED) is 0.651. The van der Waals surface area contributed by atoms with Crippen LogP contribution in [0.25, 0.3) is 0 Å². The van der Waals surface area contributed by atoms with Gasteiger partial charge in [-0.2, -0.15) is 8.78 Å². The topological polar surface area (TPSA) is 59.1 Å². The van der Waals surface area contributed by atoms with Crippen molar-refractivity contribution >= 4 is 15.9 Å². The summed E-state index contributed by atoms with van der Waals surface area (Å²) in [4.78, 5) is 3.53. The van der Waals surface area contributed by atoms with Gasteiger partial charge in [-0.1, -0.05) is 33.8 Å². The lowest BCUT2D eigenvalue weighted by Crippen LogP contribution is -2.50. The van der Waals surface area contributed by atoms with E-state index in [1.54, 1.807) is 0 Å². The number of benzene rings is 1. The Hall–Kier alpha value is -1.51. The van der Waals surface area contributed by atoms with Crippen molar-refractivity contribution in [2.24, 2.45) is 5.73 Å². The lowest BCUT2D eigenvalue weighted by Gasteiger charge is -2.35. The third-order valence-electron chi connectivity index (χ3n) is 3.24. The van der Waals surface area contributed by atoms with Crippen LogP contribution in [0.5, 0.6) is 0 Å². The molecule has 1 atom stereocenters. The van der Waals surface area contributed by atoms with Gasteiger partial charge in [0.15, 0.2) is 5.60 Å². The Balaban J connectivity index is 0.00000146. The number of hydrogen-bond acceptors (Lipinski definition) is 3. The van der Waals surface area contributed by atoms with Crippen LogP contribution in [0.1, 0.15) is 39.0 Å². The van der Waals surface area contributed by atoms with Gasteiger partial charge in [0.2, 0.25) is 0 Å². The highest BCUT2D eigenvalue weighted by Crippen LogP contribution is 2.45. The van der Waals surface area contributed by atoms with E-state index in [0.29, 0.717) is 10.5 Å². The Morgan fingerprint density at radius 1 is 1.08 bits per heavy atom. The van der Waals surface area contributed by atoms with Gasteiger partial charge in [-0.05, 0) is 34.1 Å². The van der Waals surface area contributed by atoms with E-state index in [1.165, 1.54) is 6.07 Å². The van der Waals surface area contributed by atoms with Gasteiger partial charge in [-0.3, -0.25) is 4.98 Å². The summed E-state index contributed by atoms with van der Waals surface area (Å²) in [6.07, 6.45) is 1.11. The number of rotatable bonds is 4. The van der Waals surface area contributed by atoms with Crippen molar-refractivity contribution < 1.29 is 22.7 Å². The van der Waals surface area contributed by atoms with Gasteiger partial charge in [0.25, 0.3) is 0 Å². The van der Waals surface area contributed by atoms with Crippen LogP contribution < -0.4 is 5.73 Å². The average molecular weight is 439 g/mol. The third-order valence-corrected chi connectivity index (χ3v) is 3.71. The zero-order valence-corrected chi connectivity index (χ0v) is 16.6. The van der Waals surface area contributed by atoms with Gasteiger partial charge in [0, 0.05) is 28.8 Å². The first kappa shape index (κ1) is 24.5. The molecule has 0 bridgehead atoms. The van der Waals surface area contributed by atoms with E-state index in [2.05, 4.69) is 20.9 Å². The normalized spacial score (nSPS) is 12.9. The van der Waals surface area contributed by atoms with Gasteiger partial charge in [-0.15, -0.1) is 0 Å². The molecule has 1 unspecified atom stereocenters. The molecule has 0 spiro atoms. The molecule has 2 aromatic rings. The second kappa shape index (κ2) is 10.6. The minimum atomic E-state index is -3.99. The number of nitrogens with zero attached hydrogens (tertiary/aromatic N) is 1. The molecule has 3 N–H and O–H groups in total. The summed E-state index contributed by atoms with van der Waals surface area (Å²) in [6.45, 7) is 7.01. The predicted molar refractivity (Wildman–Crippen MR) is 97.8 cm³/mol. The van der Waals surface area contributed by atoms with Crippen LogP contribution in [0, 0.1) is 11.6 Å². The molecule has 3 nitrogen and oxygen atoms in total. The van der Waals surface area contributed by atoms with E-state index < -0.39 is 41.0 Å². The molecule has 2 rings (SSSR count). The average Bonchev–Trinajstić information content (AvgIpc) is 2.64. The fourth-order valence-electron chi connectivity index (χ4n) is 2.01. The summed E-state index contributed by atoms with van der Waals surface area (Å²) in [5.41, 5.74) is 0.623. The minimum absolute atomic E-state index is 0.404. The van der Waals surface area contributed by atoms with E-state index in [0.717, 1.165) is 24.4 Å². The third kappa shape index (κ3) is 5.02. The van der Waals surface area contributed by atoms with Gasteiger partial charge >= 0.3 is 5.92 Å². The van der Waals surface area contributed by atoms with Crippen molar-refractivity contribution in [3.63, 3.8) is 0 Å². The smallest absolute Gasteiger partial charge is 0.323 e.